The fraction of sp³-hybridized carbons (Fsp3) is 0.148. The van der Waals surface area contributed by atoms with Gasteiger partial charge in [-0.2, -0.15) is 5.10 Å². The molecule has 0 spiro atoms. The molecule has 0 saturated heterocycles. The van der Waals surface area contributed by atoms with Crippen LogP contribution in [0.4, 0.5) is 0 Å². The summed E-state index contributed by atoms with van der Waals surface area (Å²) >= 11 is 6.23. The van der Waals surface area contributed by atoms with Gasteiger partial charge in [0.25, 0.3) is 0 Å². The molecular formula is C27H24ClN3O. The standard InChI is InChI=1S/C27H24ClN3O/c1-18-15-19(2)31(29-18)27-24-16-23(32-3)13-14-25(24)30(17-20-7-5-4-6-8-20)26(27)21-9-11-22(28)12-10-21/h4-16H,17H2,1-3H3. The second-order valence-corrected chi connectivity index (χ2v) is 8.43. The maximum Gasteiger partial charge on any atom is 0.119 e. The van der Waals surface area contributed by atoms with E-state index < -0.39 is 0 Å². The lowest BCUT2D eigenvalue weighted by molar-refractivity contribution is 0.415. The lowest BCUT2D eigenvalue weighted by Gasteiger charge is -2.14. The highest BCUT2D eigenvalue weighted by Gasteiger charge is 2.23. The molecule has 5 heteroatoms. The van der Waals surface area contributed by atoms with Gasteiger partial charge in [-0.3, -0.25) is 0 Å². The Kier molecular flexibility index (Phi) is 5.24. The van der Waals surface area contributed by atoms with Crippen molar-refractivity contribution < 1.29 is 4.74 Å². The second-order valence-electron chi connectivity index (χ2n) is 8.00. The molecule has 2 aromatic heterocycles. The molecule has 160 valence electrons. The average molecular weight is 442 g/mol. The zero-order valence-electron chi connectivity index (χ0n) is 18.3. The average Bonchev–Trinajstić information content (AvgIpc) is 3.30. The lowest BCUT2D eigenvalue weighted by atomic mass is 10.1. The number of ether oxygens (including phenoxy) is 1. The summed E-state index contributed by atoms with van der Waals surface area (Å²) in [5.74, 6) is 0.819. The molecule has 0 unspecified atom stereocenters. The number of aryl methyl sites for hydroxylation is 2. The molecule has 5 aromatic rings. The van der Waals surface area contributed by atoms with Crippen LogP contribution in [-0.2, 0) is 6.54 Å². The van der Waals surface area contributed by atoms with Crippen molar-refractivity contribution >= 4 is 22.5 Å². The minimum Gasteiger partial charge on any atom is -0.497 e. The summed E-state index contributed by atoms with van der Waals surface area (Å²) in [6.07, 6.45) is 0. The molecule has 5 rings (SSSR count). The molecule has 32 heavy (non-hydrogen) atoms. The maximum absolute atomic E-state index is 6.23. The van der Waals surface area contributed by atoms with E-state index in [0.717, 1.165) is 51.5 Å². The van der Waals surface area contributed by atoms with Crippen molar-refractivity contribution in [1.82, 2.24) is 14.3 Å². The Labute approximate surface area is 192 Å². The number of rotatable bonds is 5. The van der Waals surface area contributed by atoms with Crippen LogP contribution in [0.1, 0.15) is 17.0 Å². The van der Waals surface area contributed by atoms with E-state index in [2.05, 4.69) is 66.1 Å². The van der Waals surface area contributed by atoms with Gasteiger partial charge in [-0.15, -0.1) is 0 Å². The van der Waals surface area contributed by atoms with Crippen molar-refractivity contribution in [3.63, 3.8) is 0 Å². The van der Waals surface area contributed by atoms with Gasteiger partial charge in [0, 0.05) is 28.2 Å². The summed E-state index contributed by atoms with van der Waals surface area (Å²) < 4.78 is 9.99. The second kappa shape index (κ2) is 8.21. The monoisotopic (exact) mass is 441 g/mol. The van der Waals surface area contributed by atoms with Crippen LogP contribution < -0.4 is 4.74 Å². The zero-order chi connectivity index (χ0) is 22.2. The Morgan fingerprint density at radius 1 is 0.906 bits per heavy atom. The van der Waals surface area contributed by atoms with E-state index in [0.29, 0.717) is 5.02 Å². The number of methoxy groups -OCH3 is 1. The summed E-state index contributed by atoms with van der Waals surface area (Å²) in [7, 11) is 1.70. The first-order valence-corrected chi connectivity index (χ1v) is 11.0. The SMILES string of the molecule is COc1ccc2c(c1)c(-n1nc(C)cc1C)c(-c1ccc(Cl)cc1)n2Cc1ccccc1. The highest BCUT2D eigenvalue weighted by atomic mass is 35.5. The van der Waals surface area contributed by atoms with Gasteiger partial charge in [0.15, 0.2) is 0 Å². The fourth-order valence-electron chi connectivity index (χ4n) is 4.34. The molecular weight excluding hydrogens is 418 g/mol. The third-order valence-electron chi connectivity index (χ3n) is 5.77. The van der Waals surface area contributed by atoms with E-state index in [9.17, 15) is 0 Å². The molecule has 0 fully saturated rings. The Balaban J connectivity index is 1.89. The number of nitrogens with zero attached hydrogens (tertiary/aromatic N) is 3. The van der Waals surface area contributed by atoms with Crippen LogP contribution in [0.15, 0.2) is 78.9 Å². The molecule has 3 aromatic carbocycles. The van der Waals surface area contributed by atoms with Crippen molar-refractivity contribution in [2.45, 2.75) is 20.4 Å². The Bertz CT molecular complexity index is 1400. The molecule has 0 radical (unpaired) electrons. The van der Waals surface area contributed by atoms with E-state index in [1.54, 1.807) is 7.11 Å². The quantitative estimate of drug-likeness (QED) is 0.299. The van der Waals surface area contributed by atoms with Crippen molar-refractivity contribution in [3.05, 3.63) is 101 Å². The molecule has 0 N–H and O–H groups in total. The Morgan fingerprint density at radius 2 is 1.66 bits per heavy atom. The number of aromatic nitrogens is 3. The summed E-state index contributed by atoms with van der Waals surface area (Å²) in [6.45, 7) is 4.85. The number of hydrogen-bond acceptors (Lipinski definition) is 2. The van der Waals surface area contributed by atoms with Gasteiger partial charge in [0.1, 0.15) is 5.75 Å². The number of halogens is 1. The first-order valence-electron chi connectivity index (χ1n) is 10.6. The largest absolute Gasteiger partial charge is 0.497 e. The summed E-state index contributed by atoms with van der Waals surface area (Å²) in [4.78, 5) is 0. The first-order chi connectivity index (χ1) is 15.5. The topological polar surface area (TPSA) is 32.0 Å². The fourth-order valence-corrected chi connectivity index (χ4v) is 4.47. The predicted molar refractivity (Wildman–Crippen MR) is 131 cm³/mol. The van der Waals surface area contributed by atoms with Crippen molar-refractivity contribution in [3.8, 4) is 22.7 Å². The normalized spacial score (nSPS) is 11.2. The summed E-state index contributed by atoms with van der Waals surface area (Å²) in [6, 6.07) is 26.9. The third kappa shape index (κ3) is 3.57. The van der Waals surface area contributed by atoms with Crippen LogP contribution in [0.5, 0.6) is 5.75 Å². The van der Waals surface area contributed by atoms with Crippen LogP contribution in [0, 0.1) is 13.8 Å². The van der Waals surface area contributed by atoms with E-state index in [4.69, 9.17) is 21.4 Å². The maximum atomic E-state index is 6.23. The van der Waals surface area contributed by atoms with E-state index in [-0.39, 0.29) is 0 Å². The van der Waals surface area contributed by atoms with Crippen LogP contribution in [0.25, 0.3) is 27.8 Å². The summed E-state index contributed by atoms with van der Waals surface area (Å²) in [5.41, 5.74) is 7.65. The summed E-state index contributed by atoms with van der Waals surface area (Å²) in [5, 5.41) is 6.66. The van der Waals surface area contributed by atoms with Crippen LogP contribution in [0.2, 0.25) is 5.02 Å². The molecule has 0 atom stereocenters. The minimum absolute atomic E-state index is 0.716. The van der Waals surface area contributed by atoms with Gasteiger partial charge in [0.2, 0.25) is 0 Å². The highest BCUT2D eigenvalue weighted by molar-refractivity contribution is 6.30. The molecule has 0 aliphatic heterocycles. The minimum atomic E-state index is 0.716. The molecule has 0 aliphatic carbocycles. The lowest BCUT2D eigenvalue weighted by Crippen LogP contribution is -2.05. The van der Waals surface area contributed by atoms with Gasteiger partial charge in [-0.25, -0.2) is 4.68 Å². The third-order valence-corrected chi connectivity index (χ3v) is 6.02. The van der Waals surface area contributed by atoms with Gasteiger partial charge in [-0.1, -0.05) is 54.1 Å². The van der Waals surface area contributed by atoms with Crippen molar-refractivity contribution in [2.75, 3.05) is 7.11 Å². The van der Waals surface area contributed by atoms with E-state index >= 15 is 0 Å². The van der Waals surface area contributed by atoms with Gasteiger partial charge >= 0.3 is 0 Å². The molecule has 0 bridgehead atoms. The predicted octanol–water partition coefficient (Wildman–Crippen LogP) is 6.82. The molecule has 4 nitrogen and oxygen atoms in total. The zero-order valence-corrected chi connectivity index (χ0v) is 19.1. The van der Waals surface area contributed by atoms with Crippen LogP contribution in [0.3, 0.4) is 0 Å². The smallest absolute Gasteiger partial charge is 0.119 e. The molecule has 0 saturated carbocycles. The van der Waals surface area contributed by atoms with Gasteiger partial charge in [0.05, 0.1) is 29.7 Å². The molecule has 0 aliphatic rings. The van der Waals surface area contributed by atoms with E-state index in [1.807, 2.05) is 35.9 Å². The van der Waals surface area contributed by atoms with Gasteiger partial charge < -0.3 is 9.30 Å². The Hall–Kier alpha value is -3.50. The van der Waals surface area contributed by atoms with Crippen LogP contribution >= 0.6 is 11.6 Å². The molecule has 2 heterocycles. The number of hydrogen-bond donors (Lipinski definition) is 0. The van der Waals surface area contributed by atoms with Crippen LogP contribution in [-0.4, -0.2) is 21.5 Å². The highest BCUT2D eigenvalue weighted by Crippen LogP contribution is 2.39. The Morgan fingerprint density at radius 3 is 2.31 bits per heavy atom. The van der Waals surface area contributed by atoms with E-state index in [1.165, 1.54) is 5.56 Å². The molecule has 0 amide bonds. The number of benzene rings is 3. The van der Waals surface area contributed by atoms with Crippen molar-refractivity contribution in [2.24, 2.45) is 0 Å². The number of fused-ring (bicyclic) bond motifs is 1. The first kappa shape index (κ1) is 20.4. The van der Waals surface area contributed by atoms with Crippen molar-refractivity contribution in [1.29, 1.82) is 0 Å². The van der Waals surface area contributed by atoms with Gasteiger partial charge in [-0.05, 0) is 55.8 Å².